The molecular formula is C5H9F3OS. The Kier molecular flexibility index (Phi) is 3.93. The average molecular weight is 174 g/mol. The molecule has 0 aromatic rings. The Morgan fingerprint density at radius 1 is 1.40 bits per heavy atom. The molecule has 0 aliphatic heterocycles. The summed E-state index contributed by atoms with van der Waals surface area (Å²) in [7, 11) is -1.29. The van der Waals surface area contributed by atoms with E-state index in [0.29, 0.717) is 5.75 Å². The molecule has 0 aliphatic carbocycles. The number of hydrogen-bond donors (Lipinski definition) is 0. The third kappa shape index (κ3) is 6.07. The minimum Gasteiger partial charge on any atom is -0.260 e. The van der Waals surface area contributed by atoms with Crippen LogP contribution in [0, 0.1) is 0 Å². The Labute approximate surface area is 60.1 Å². The summed E-state index contributed by atoms with van der Waals surface area (Å²) in [4.78, 5) is 0. The van der Waals surface area contributed by atoms with Crippen LogP contribution >= 0.6 is 0 Å². The van der Waals surface area contributed by atoms with Crippen molar-refractivity contribution in [3.8, 4) is 0 Å². The van der Waals surface area contributed by atoms with Gasteiger partial charge < -0.3 is 0 Å². The Balaban J connectivity index is 3.46. The minimum absolute atomic E-state index is 0.264. The van der Waals surface area contributed by atoms with Gasteiger partial charge in [-0.15, -0.1) is 0 Å². The summed E-state index contributed by atoms with van der Waals surface area (Å²) in [5.74, 6) is 0.0378. The maximum Gasteiger partial charge on any atom is 0.390 e. The molecule has 5 heteroatoms. The normalized spacial score (nSPS) is 15.2. The van der Waals surface area contributed by atoms with Crippen LogP contribution < -0.4 is 0 Å². The van der Waals surface area contributed by atoms with Crippen molar-refractivity contribution in [3.05, 3.63) is 0 Å². The van der Waals surface area contributed by atoms with Crippen molar-refractivity contribution in [1.82, 2.24) is 0 Å². The molecule has 0 radical (unpaired) electrons. The third-order valence-corrected chi connectivity index (χ3v) is 2.24. The van der Waals surface area contributed by atoms with Crippen LogP contribution in [0.2, 0.25) is 0 Å². The number of rotatable bonds is 3. The zero-order valence-corrected chi connectivity index (χ0v) is 6.39. The van der Waals surface area contributed by atoms with Crippen molar-refractivity contribution >= 4 is 10.8 Å². The quantitative estimate of drug-likeness (QED) is 0.636. The molecule has 0 aliphatic rings. The van der Waals surface area contributed by atoms with Gasteiger partial charge in [0.05, 0.1) is 6.42 Å². The highest BCUT2D eigenvalue weighted by atomic mass is 32.2. The van der Waals surface area contributed by atoms with Gasteiger partial charge in [-0.2, -0.15) is 13.2 Å². The molecule has 0 spiro atoms. The summed E-state index contributed by atoms with van der Waals surface area (Å²) in [6.07, 6.45) is -5.10. The lowest BCUT2D eigenvalue weighted by Crippen LogP contribution is -2.13. The van der Waals surface area contributed by atoms with E-state index in [-0.39, 0.29) is 5.75 Å². The zero-order valence-electron chi connectivity index (χ0n) is 5.57. The largest absolute Gasteiger partial charge is 0.390 e. The van der Waals surface area contributed by atoms with Crippen molar-refractivity contribution in [3.63, 3.8) is 0 Å². The summed E-state index contributed by atoms with van der Waals surface area (Å²) < 4.78 is 44.7. The fraction of sp³-hybridized carbons (Fsp3) is 1.00. The molecule has 62 valence electrons. The minimum atomic E-state index is -4.16. The van der Waals surface area contributed by atoms with Crippen LogP contribution in [0.4, 0.5) is 13.2 Å². The van der Waals surface area contributed by atoms with E-state index >= 15 is 0 Å². The molecule has 1 atom stereocenters. The third-order valence-electron chi connectivity index (χ3n) is 0.935. The van der Waals surface area contributed by atoms with Gasteiger partial charge in [-0.05, 0) is 0 Å². The maximum absolute atomic E-state index is 11.4. The van der Waals surface area contributed by atoms with E-state index in [0.717, 1.165) is 0 Å². The van der Waals surface area contributed by atoms with E-state index in [2.05, 4.69) is 0 Å². The second-order valence-corrected chi connectivity index (χ2v) is 3.66. The van der Waals surface area contributed by atoms with Crippen LogP contribution in [0.1, 0.15) is 13.3 Å². The van der Waals surface area contributed by atoms with E-state index in [9.17, 15) is 17.4 Å². The maximum atomic E-state index is 11.4. The first-order valence-electron chi connectivity index (χ1n) is 2.87. The summed E-state index contributed by atoms with van der Waals surface area (Å²) in [6.45, 7) is 1.60. The van der Waals surface area contributed by atoms with Gasteiger partial charge in [0.2, 0.25) is 0 Å². The fourth-order valence-electron chi connectivity index (χ4n) is 0.374. The Morgan fingerprint density at radius 2 is 1.90 bits per heavy atom. The Bertz CT molecular complexity index is 121. The van der Waals surface area contributed by atoms with Crippen LogP contribution in [0.15, 0.2) is 0 Å². The van der Waals surface area contributed by atoms with Crippen molar-refractivity contribution in [2.45, 2.75) is 19.5 Å². The van der Waals surface area contributed by atoms with Crippen molar-refractivity contribution in [1.29, 1.82) is 0 Å². The molecule has 0 saturated carbocycles. The first-order chi connectivity index (χ1) is 4.45. The Morgan fingerprint density at radius 3 is 2.20 bits per heavy atom. The molecule has 1 unspecified atom stereocenters. The molecule has 1 nitrogen and oxygen atoms in total. The summed E-state index contributed by atoms with van der Waals surface area (Å²) in [5.41, 5.74) is 0. The second kappa shape index (κ2) is 3.95. The second-order valence-electron chi connectivity index (χ2n) is 1.80. The lowest BCUT2D eigenvalue weighted by atomic mass is 10.5. The summed E-state index contributed by atoms with van der Waals surface area (Å²) in [6, 6.07) is 0. The van der Waals surface area contributed by atoms with E-state index in [1.165, 1.54) is 0 Å². The van der Waals surface area contributed by atoms with Crippen LogP contribution in [-0.4, -0.2) is 21.9 Å². The Hall–Kier alpha value is -0.0600. The highest BCUT2D eigenvalue weighted by Crippen LogP contribution is 2.19. The smallest absolute Gasteiger partial charge is 0.260 e. The fourth-order valence-corrected chi connectivity index (χ4v) is 1.12. The van der Waals surface area contributed by atoms with Gasteiger partial charge >= 0.3 is 6.18 Å². The van der Waals surface area contributed by atoms with E-state index in [1.54, 1.807) is 6.92 Å². The van der Waals surface area contributed by atoms with E-state index in [1.807, 2.05) is 0 Å². The van der Waals surface area contributed by atoms with Gasteiger partial charge in [0.1, 0.15) is 0 Å². The SMILES string of the molecule is CCS(=O)CCC(F)(F)F. The molecule has 0 aromatic carbocycles. The van der Waals surface area contributed by atoms with Crippen molar-refractivity contribution in [2.24, 2.45) is 0 Å². The topological polar surface area (TPSA) is 17.1 Å². The van der Waals surface area contributed by atoms with Crippen LogP contribution in [0.5, 0.6) is 0 Å². The molecule has 0 bridgehead atoms. The van der Waals surface area contributed by atoms with Crippen molar-refractivity contribution in [2.75, 3.05) is 11.5 Å². The summed E-state index contributed by atoms with van der Waals surface area (Å²) >= 11 is 0. The first-order valence-corrected chi connectivity index (χ1v) is 4.36. The monoisotopic (exact) mass is 174 g/mol. The molecule has 0 amide bonds. The van der Waals surface area contributed by atoms with Gasteiger partial charge in [-0.25, -0.2) is 0 Å². The van der Waals surface area contributed by atoms with Gasteiger partial charge in [0.15, 0.2) is 0 Å². The molecule has 0 fully saturated rings. The molecule has 0 N–H and O–H groups in total. The van der Waals surface area contributed by atoms with Gasteiger partial charge in [-0.1, -0.05) is 6.92 Å². The van der Waals surface area contributed by atoms with Gasteiger partial charge in [0.25, 0.3) is 0 Å². The lowest BCUT2D eigenvalue weighted by molar-refractivity contribution is -0.129. The molecular weight excluding hydrogens is 165 g/mol. The van der Waals surface area contributed by atoms with Gasteiger partial charge in [-0.3, -0.25) is 4.21 Å². The number of hydrogen-bond acceptors (Lipinski definition) is 1. The highest BCUT2D eigenvalue weighted by Gasteiger charge is 2.27. The van der Waals surface area contributed by atoms with E-state index < -0.39 is 23.4 Å². The van der Waals surface area contributed by atoms with Crippen molar-refractivity contribution < 1.29 is 17.4 Å². The highest BCUT2D eigenvalue weighted by molar-refractivity contribution is 7.84. The van der Waals surface area contributed by atoms with E-state index in [4.69, 9.17) is 0 Å². The average Bonchev–Trinajstić information content (AvgIpc) is 1.81. The molecule has 0 heterocycles. The standard InChI is InChI=1S/C5H9F3OS/c1-2-10(9)4-3-5(6,7)8/h2-4H2,1H3. The predicted octanol–water partition coefficient (Wildman–Crippen LogP) is 1.71. The molecule has 0 aromatic heterocycles. The lowest BCUT2D eigenvalue weighted by Gasteiger charge is -2.03. The molecule has 0 rings (SSSR count). The molecule has 0 saturated heterocycles. The van der Waals surface area contributed by atoms with Crippen LogP contribution in [0.25, 0.3) is 0 Å². The summed E-state index contributed by atoms with van der Waals surface area (Å²) in [5, 5.41) is 0. The number of alkyl halides is 3. The first kappa shape index (κ1) is 9.94. The molecule has 10 heavy (non-hydrogen) atoms. The van der Waals surface area contributed by atoms with Crippen LogP contribution in [0.3, 0.4) is 0 Å². The van der Waals surface area contributed by atoms with Gasteiger partial charge in [0, 0.05) is 22.3 Å². The van der Waals surface area contributed by atoms with Crippen LogP contribution in [-0.2, 0) is 10.8 Å². The zero-order chi connectivity index (χ0) is 8.20. The number of halogens is 3. The predicted molar refractivity (Wildman–Crippen MR) is 34.2 cm³/mol.